The van der Waals surface area contributed by atoms with E-state index in [9.17, 15) is 0 Å². The Bertz CT molecular complexity index is 2830. The zero-order valence-corrected chi connectivity index (χ0v) is 26.7. The Hall–Kier alpha value is -6.44. The molecule has 0 atom stereocenters. The minimum absolute atomic E-state index is 0.893. The zero-order chi connectivity index (χ0) is 32.3. The van der Waals surface area contributed by atoms with Gasteiger partial charge in [0.1, 0.15) is 11.2 Å². The van der Waals surface area contributed by atoms with Gasteiger partial charge in [-0.05, 0) is 89.5 Å². The third-order valence-electron chi connectivity index (χ3n) is 10.1. The standard InChI is InChI=1S/C48H30O/c1-2-15-31(16-3-1)32-17-4-5-18-33(32)34-19-6-9-23-38(34)41-29-30-45-48(42-25-12-13-28-44(42)49-45)47(41)43-27-14-26-40-37-21-8-7-20-35(37)36-22-10-11-24-39(36)46(40)43/h1-30H. The van der Waals surface area contributed by atoms with E-state index < -0.39 is 0 Å². The van der Waals surface area contributed by atoms with Crippen LogP contribution in [0.5, 0.6) is 0 Å². The summed E-state index contributed by atoms with van der Waals surface area (Å²) in [5, 5.41) is 9.84. The maximum absolute atomic E-state index is 6.57. The molecule has 0 aliphatic rings. The van der Waals surface area contributed by atoms with E-state index in [0.29, 0.717) is 0 Å². The molecular weight excluding hydrogens is 593 g/mol. The second kappa shape index (κ2) is 11.1. The molecule has 1 heteroatoms. The summed E-state index contributed by atoms with van der Waals surface area (Å²) in [7, 11) is 0. The quantitative estimate of drug-likeness (QED) is 0.178. The van der Waals surface area contributed by atoms with E-state index in [2.05, 4.69) is 182 Å². The number of fused-ring (bicyclic) bond motifs is 9. The molecule has 9 aromatic carbocycles. The summed E-state index contributed by atoms with van der Waals surface area (Å²) in [5.41, 5.74) is 11.4. The van der Waals surface area contributed by atoms with Crippen molar-refractivity contribution in [3.05, 3.63) is 182 Å². The van der Waals surface area contributed by atoms with Crippen molar-refractivity contribution in [1.82, 2.24) is 0 Å². The van der Waals surface area contributed by atoms with E-state index in [4.69, 9.17) is 4.42 Å². The number of para-hydroxylation sites is 1. The normalized spacial score (nSPS) is 11.7. The molecule has 10 rings (SSSR count). The number of rotatable bonds is 4. The zero-order valence-electron chi connectivity index (χ0n) is 26.7. The van der Waals surface area contributed by atoms with Crippen LogP contribution in [-0.4, -0.2) is 0 Å². The first kappa shape index (κ1) is 27.7. The van der Waals surface area contributed by atoms with Gasteiger partial charge in [-0.15, -0.1) is 0 Å². The second-order valence-corrected chi connectivity index (χ2v) is 12.7. The lowest BCUT2D eigenvalue weighted by atomic mass is 9.83. The van der Waals surface area contributed by atoms with Crippen LogP contribution in [0.1, 0.15) is 0 Å². The molecule has 0 N–H and O–H groups in total. The Morgan fingerprint density at radius 3 is 1.41 bits per heavy atom. The third kappa shape index (κ3) is 4.26. The molecule has 0 saturated carbocycles. The third-order valence-corrected chi connectivity index (χ3v) is 10.1. The largest absolute Gasteiger partial charge is 0.456 e. The van der Waals surface area contributed by atoms with E-state index in [1.807, 2.05) is 0 Å². The molecule has 49 heavy (non-hydrogen) atoms. The predicted molar refractivity (Wildman–Crippen MR) is 208 cm³/mol. The van der Waals surface area contributed by atoms with Gasteiger partial charge < -0.3 is 4.42 Å². The van der Waals surface area contributed by atoms with Gasteiger partial charge in [0, 0.05) is 16.3 Å². The van der Waals surface area contributed by atoms with Gasteiger partial charge in [0.25, 0.3) is 0 Å². The summed E-state index contributed by atoms with van der Waals surface area (Å²) in [6.45, 7) is 0. The maximum Gasteiger partial charge on any atom is 0.136 e. The van der Waals surface area contributed by atoms with E-state index in [0.717, 1.165) is 21.9 Å². The molecule has 0 amide bonds. The highest BCUT2D eigenvalue weighted by Crippen LogP contribution is 2.49. The van der Waals surface area contributed by atoms with Gasteiger partial charge in [-0.25, -0.2) is 0 Å². The average molecular weight is 623 g/mol. The molecule has 228 valence electrons. The van der Waals surface area contributed by atoms with Gasteiger partial charge in [0.05, 0.1) is 0 Å². The minimum Gasteiger partial charge on any atom is -0.456 e. The van der Waals surface area contributed by atoms with Crippen LogP contribution in [0, 0.1) is 0 Å². The number of benzene rings is 9. The molecule has 0 fully saturated rings. The van der Waals surface area contributed by atoms with Gasteiger partial charge in [0.2, 0.25) is 0 Å². The fourth-order valence-corrected chi connectivity index (χ4v) is 8.03. The number of furan rings is 1. The van der Waals surface area contributed by atoms with Crippen molar-refractivity contribution >= 4 is 54.3 Å². The highest BCUT2D eigenvalue weighted by molar-refractivity contribution is 6.30. The van der Waals surface area contributed by atoms with Gasteiger partial charge >= 0.3 is 0 Å². The lowest BCUT2D eigenvalue weighted by Gasteiger charge is -2.20. The molecule has 1 aromatic heterocycles. The van der Waals surface area contributed by atoms with E-state index in [1.165, 1.54) is 76.8 Å². The van der Waals surface area contributed by atoms with Crippen molar-refractivity contribution in [1.29, 1.82) is 0 Å². The SMILES string of the molecule is c1ccc(-c2ccccc2-c2ccccc2-c2ccc3oc4ccccc4c3c2-c2cccc3c4ccccc4c4ccccc4c23)cc1. The fraction of sp³-hybridized carbons (Fsp3) is 0. The Labute approximate surface area is 284 Å². The van der Waals surface area contributed by atoms with Crippen molar-refractivity contribution in [2.75, 3.05) is 0 Å². The molecular formula is C48H30O. The van der Waals surface area contributed by atoms with Crippen LogP contribution in [-0.2, 0) is 0 Å². The molecule has 1 nitrogen and oxygen atoms in total. The molecule has 1 heterocycles. The first-order chi connectivity index (χ1) is 24.3. The van der Waals surface area contributed by atoms with E-state index in [1.54, 1.807) is 0 Å². The molecule has 0 unspecified atom stereocenters. The second-order valence-electron chi connectivity index (χ2n) is 12.7. The van der Waals surface area contributed by atoms with Gasteiger partial charge in [-0.1, -0.05) is 164 Å². The van der Waals surface area contributed by atoms with Crippen molar-refractivity contribution in [3.8, 4) is 44.5 Å². The van der Waals surface area contributed by atoms with Crippen LogP contribution in [0.25, 0.3) is 98.8 Å². The Kier molecular flexibility index (Phi) is 6.25. The van der Waals surface area contributed by atoms with Crippen LogP contribution in [0.3, 0.4) is 0 Å². The monoisotopic (exact) mass is 622 g/mol. The van der Waals surface area contributed by atoms with Crippen molar-refractivity contribution in [3.63, 3.8) is 0 Å². The van der Waals surface area contributed by atoms with Gasteiger partial charge in [-0.2, -0.15) is 0 Å². The van der Waals surface area contributed by atoms with Crippen LogP contribution in [0.15, 0.2) is 186 Å². The van der Waals surface area contributed by atoms with Crippen LogP contribution in [0.4, 0.5) is 0 Å². The molecule has 0 aliphatic heterocycles. The Balaban J connectivity index is 1.37. The summed E-state index contributed by atoms with van der Waals surface area (Å²) in [5.74, 6) is 0. The molecule has 0 saturated heterocycles. The summed E-state index contributed by atoms with van der Waals surface area (Å²) >= 11 is 0. The summed E-state index contributed by atoms with van der Waals surface area (Å²) in [6.07, 6.45) is 0. The van der Waals surface area contributed by atoms with Crippen LogP contribution < -0.4 is 0 Å². The lowest BCUT2D eigenvalue weighted by molar-refractivity contribution is 0.669. The van der Waals surface area contributed by atoms with Crippen molar-refractivity contribution < 1.29 is 4.42 Å². The first-order valence-corrected chi connectivity index (χ1v) is 16.9. The summed E-state index contributed by atoms with van der Waals surface area (Å²) in [6, 6.07) is 65.7. The first-order valence-electron chi connectivity index (χ1n) is 16.9. The van der Waals surface area contributed by atoms with Crippen molar-refractivity contribution in [2.24, 2.45) is 0 Å². The lowest BCUT2D eigenvalue weighted by Crippen LogP contribution is -1.93. The topological polar surface area (TPSA) is 13.1 Å². The number of hydrogen-bond donors (Lipinski definition) is 0. The van der Waals surface area contributed by atoms with Crippen LogP contribution in [0.2, 0.25) is 0 Å². The van der Waals surface area contributed by atoms with Crippen molar-refractivity contribution in [2.45, 2.75) is 0 Å². The Morgan fingerprint density at radius 2 is 0.714 bits per heavy atom. The predicted octanol–water partition coefficient (Wildman–Crippen LogP) is 13.7. The molecule has 0 radical (unpaired) electrons. The maximum atomic E-state index is 6.57. The van der Waals surface area contributed by atoms with E-state index >= 15 is 0 Å². The smallest absolute Gasteiger partial charge is 0.136 e. The van der Waals surface area contributed by atoms with E-state index in [-0.39, 0.29) is 0 Å². The highest BCUT2D eigenvalue weighted by Gasteiger charge is 2.23. The molecule has 0 aliphatic carbocycles. The van der Waals surface area contributed by atoms with Gasteiger partial charge in [0.15, 0.2) is 0 Å². The summed E-state index contributed by atoms with van der Waals surface area (Å²) in [4.78, 5) is 0. The average Bonchev–Trinajstić information content (AvgIpc) is 3.57. The fourth-order valence-electron chi connectivity index (χ4n) is 8.03. The Morgan fingerprint density at radius 1 is 0.245 bits per heavy atom. The minimum atomic E-state index is 0.893. The highest BCUT2D eigenvalue weighted by atomic mass is 16.3. The number of hydrogen-bond acceptors (Lipinski definition) is 1. The molecule has 0 bridgehead atoms. The van der Waals surface area contributed by atoms with Crippen LogP contribution >= 0.6 is 0 Å². The molecule has 10 aromatic rings. The summed E-state index contributed by atoms with van der Waals surface area (Å²) < 4.78 is 6.57. The van der Waals surface area contributed by atoms with Gasteiger partial charge in [-0.3, -0.25) is 0 Å². The molecule has 0 spiro atoms.